The number of halogens is 2. The van der Waals surface area contributed by atoms with Crippen molar-refractivity contribution in [2.45, 2.75) is 13.5 Å². The van der Waals surface area contributed by atoms with Crippen molar-refractivity contribution >= 4 is 12.1 Å². The van der Waals surface area contributed by atoms with E-state index in [0.717, 1.165) is 5.56 Å². The molecule has 0 radical (unpaired) electrons. The number of rotatable bonds is 5. The molecule has 0 heterocycles. The van der Waals surface area contributed by atoms with Crippen molar-refractivity contribution in [1.82, 2.24) is 5.43 Å². The summed E-state index contributed by atoms with van der Waals surface area (Å²) in [5, 5.41) is 3.78. The Hall–Kier alpha value is -2.76. The third kappa shape index (κ3) is 4.12. The highest BCUT2D eigenvalue weighted by Gasteiger charge is 2.08. The monoisotopic (exact) mass is 304 g/mol. The van der Waals surface area contributed by atoms with Crippen LogP contribution in [-0.4, -0.2) is 18.7 Å². The number of para-hydroxylation sites is 1. The number of hydrogen-bond donors (Lipinski definition) is 1. The van der Waals surface area contributed by atoms with Crippen LogP contribution >= 0.6 is 0 Å². The van der Waals surface area contributed by atoms with E-state index in [9.17, 15) is 13.6 Å². The topological polar surface area (TPSA) is 50.7 Å². The number of carbonyl (C=O) groups excluding carboxylic acids is 1. The lowest BCUT2D eigenvalue weighted by Crippen LogP contribution is -2.18. The van der Waals surface area contributed by atoms with Gasteiger partial charge in [-0.1, -0.05) is 30.3 Å². The van der Waals surface area contributed by atoms with Crippen LogP contribution in [0.1, 0.15) is 21.5 Å². The molecule has 0 bridgehead atoms. The standard InChI is InChI=1S/C16H14F2N2O2/c1-11-6-2-4-8-13(11)15(21)20-19-10-12-7-3-5-9-14(12)22-16(17)18/h2-10,16H,1H3,(H,20,21)/b19-10-. The van der Waals surface area contributed by atoms with Gasteiger partial charge in [-0.25, -0.2) is 5.43 Å². The number of benzene rings is 2. The first-order chi connectivity index (χ1) is 10.6. The molecule has 0 fully saturated rings. The molecule has 22 heavy (non-hydrogen) atoms. The molecule has 4 nitrogen and oxygen atoms in total. The molecule has 0 aliphatic heterocycles. The molecule has 0 unspecified atom stereocenters. The van der Waals surface area contributed by atoms with Gasteiger partial charge in [-0.2, -0.15) is 13.9 Å². The Morgan fingerprint density at radius 2 is 1.86 bits per heavy atom. The molecule has 0 aliphatic rings. The summed E-state index contributed by atoms with van der Waals surface area (Å²) in [4.78, 5) is 11.9. The summed E-state index contributed by atoms with van der Waals surface area (Å²) < 4.78 is 28.9. The van der Waals surface area contributed by atoms with Gasteiger partial charge in [0, 0.05) is 11.1 Å². The Morgan fingerprint density at radius 1 is 1.18 bits per heavy atom. The first-order valence-electron chi connectivity index (χ1n) is 6.51. The zero-order valence-corrected chi connectivity index (χ0v) is 11.8. The Labute approximate surface area is 126 Å². The van der Waals surface area contributed by atoms with Gasteiger partial charge in [-0.05, 0) is 30.7 Å². The average Bonchev–Trinajstić information content (AvgIpc) is 2.49. The Balaban J connectivity index is 2.07. The van der Waals surface area contributed by atoms with Crippen LogP contribution in [-0.2, 0) is 0 Å². The highest BCUT2D eigenvalue weighted by Crippen LogP contribution is 2.18. The Kier molecular flexibility index (Phi) is 5.19. The molecule has 0 atom stereocenters. The number of carbonyl (C=O) groups is 1. The van der Waals surface area contributed by atoms with Gasteiger partial charge in [0.05, 0.1) is 6.21 Å². The summed E-state index contributed by atoms with van der Waals surface area (Å²) >= 11 is 0. The number of hydrazone groups is 1. The lowest BCUT2D eigenvalue weighted by molar-refractivity contribution is -0.0499. The maximum atomic E-state index is 12.3. The minimum Gasteiger partial charge on any atom is -0.434 e. The molecular weight excluding hydrogens is 290 g/mol. The highest BCUT2D eigenvalue weighted by atomic mass is 19.3. The summed E-state index contributed by atoms with van der Waals surface area (Å²) in [7, 11) is 0. The van der Waals surface area contributed by atoms with Crippen LogP contribution < -0.4 is 10.2 Å². The second-order valence-electron chi connectivity index (χ2n) is 4.43. The van der Waals surface area contributed by atoms with E-state index in [1.807, 2.05) is 19.1 Å². The van der Waals surface area contributed by atoms with Crippen LogP contribution in [0.15, 0.2) is 53.6 Å². The predicted molar refractivity (Wildman–Crippen MR) is 79.3 cm³/mol. The van der Waals surface area contributed by atoms with Gasteiger partial charge in [0.15, 0.2) is 0 Å². The van der Waals surface area contributed by atoms with E-state index in [1.165, 1.54) is 12.3 Å². The zero-order chi connectivity index (χ0) is 15.9. The van der Waals surface area contributed by atoms with Gasteiger partial charge in [0.1, 0.15) is 5.75 Å². The van der Waals surface area contributed by atoms with Crippen molar-refractivity contribution in [1.29, 1.82) is 0 Å². The second kappa shape index (κ2) is 7.31. The molecule has 2 aromatic carbocycles. The number of alkyl halides is 2. The highest BCUT2D eigenvalue weighted by molar-refractivity contribution is 5.96. The van der Waals surface area contributed by atoms with Gasteiger partial charge in [0.25, 0.3) is 5.91 Å². The number of ether oxygens (including phenoxy) is 1. The van der Waals surface area contributed by atoms with Crippen LogP contribution in [0.5, 0.6) is 5.75 Å². The van der Waals surface area contributed by atoms with E-state index in [0.29, 0.717) is 11.1 Å². The number of amides is 1. The summed E-state index contributed by atoms with van der Waals surface area (Å²) in [6.07, 6.45) is 1.26. The molecule has 0 aromatic heterocycles. The fourth-order valence-electron chi connectivity index (χ4n) is 1.84. The van der Waals surface area contributed by atoms with E-state index in [2.05, 4.69) is 15.3 Å². The lowest BCUT2D eigenvalue weighted by Gasteiger charge is -2.07. The van der Waals surface area contributed by atoms with Crippen LogP contribution in [0.25, 0.3) is 0 Å². The molecule has 1 amide bonds. The summed E-state index contributed by atoms with van der Waals surface area (Å²) in [6.45, 7) is -1.11. The molecular formula is C16H14F2N2O2. The molecule has 0 saturated heterocycles. The normalized spacial score (nSPS) is 10.9. The molecule has 6 heteroatoms. The van der Waals surface area contributed by atoms with Crippen LogP contribution in [0, 0.1) is 6.92 Å². The zero-order valence-electron chi connectivity index (χ0n) is 11.8. The van der Waals surface area contributed by atoms with Gasteiger partial charge < -0.3 is 4.74 Å². The Morgan fingerprint density at radius 3 is 2.59 bits per heavy atom. The number of aryl methyl sites for hydroxylation is 1. The maximum absolute atomic E-state index is 12.3. The molecule has 2 aromatic rings. The van der Waals surface area contributed by atoms with Gasteiger partial charge >= 0.3 is 6.61 Å². The SMILES string of the molecule is Cc1ccccc1C(=O)N/N=C\c1ccccc1OC(F)F. The van der Waals surface area contributed by atoms with E-state index in [4.69, 9.17) is 0 Å². The van der Waals surface area contributed by atoms with Crippen LogP contribution in [0.4, 0.5) is 8.78 Å². The number of nitrogens with zero attached hydrogens (tertiary/aromatic N) is 1. The predicted octanol–water partition coefficient (Wildman–Crippen LogP) is 3.36. The number of nitrogens with one attached hydrogen (secondary N) is 1. The summed E-state index contributed by atoms with van der Waals surface area (Å²) in [5.41, 5.74) is 4.01. The maximum Gasteiger partial charge on any atom is 0.387 e. The second-order valence-corrected chi connectivity index (χ2v) is 4.43. The van der Waals surface area contributed by atoms with Crippen molar-refractivity contribution in [2.24, 2.45) is 5.10 Å². The minimum absolute atomic E-state index is 0.00797. The fourth-order valence-corrected chi connectivity index (χ4v) is 1.84. The average molecular weight is 304 g/mol. The molecule has 1 N–H and O–H groups in total. The quantitative estimate of drug-likeness (QED) is 0.680. The van der Waals surface area contributed by atoms with E-state index >= 15 is 0 Å². The fraction of sp³-hybridized carbons (Fsp3) is 0.125. The van der Waals surface area contributed by atoms with Crippen molar-refractivity contribution in [3.8, 4) is 5.75 Å². The smallest absolute Gasteiger partial charge is 0.387 e. The number of hydrogen-bond acceptors (Lipinski definition) is 3. The summed E-state index contributed by atoms with van der Waals surface area (Å²) in [5.74, 6) is -0.381. The third-order valence-electron chi connectivity index (χ3n) is 2.89. The largest absolute Gasteiger partial charge is 0.434 e. The first kappa shape index (κ1) is 15.6. The van der Waals surface area contributed by atoms with E-state index in [1.54, 1.807) is 30.3 Å². The molecule has 2 rings (SSSR count). The van der Waals surface area contributed by atoms with Crippen LogP contribution in [0.2, 0.25) is 0 Å². The summed E-state index contributed by atoms with van der Waals surface area (Å²) in [6, 6.07) is 13.2. The van der Waals surface area contributed by atoms with Gasteiger partial charge in [-0.3, -0.25) is 4.79 Å². The van der Waals surface area contributed by atoms with Crippen molar-refractivity contribution < 1.29 is 18.3 Å². The molecule has 0 spiro atoms. The van der Waals surface area contributed by atoms with Crippen molar-refractivity contribution in [2.75, 3.05) is 0 Å². The van der Waals surface area contributed by atoms with Crippen molar-refractivity contribution in [3.63, 3.8) is 0 Å². The van der Waals surface area contributed by atoms with Gasteiger partial charge in [0.2, 0.25) is 0 Å². The minimum atomic E-state index is -2.92. The third-order valence-corrected chi connectivity index (χ3v) is 2.89. The van der Waals surface area contributed by atoms with E-state index < -0.39 is 6.61 Å². The Bertz CT molecular complexity index is 687. The lowest BCUT2D eigenvalue weighted by atomic mass is 10.1. The van der Waals surface area contributed by atoms with Gasteiger partial charge in [-0.15, -0.1) is 0 Å². The van der Waals surface area contributed by atoms with Crippen LogP contribution in [0.3, 0.4) is 0 Å². The molecule has 0 saturated carbocycles. The molecule has 0 aliphatic carbocycles. The molecule has 114 valence electrons. The van der Waals surface area contributed by atoms with E-state index in [-0.39, 0.29) is 11.7 Å². The van der Waals surface area contributed by atoms with Crippen molar-refractivity contribution in [3.05, 3.63) is 65.2 Å². The first-order valence-corrected chi connectivity index (χ1v) is 6.51.